The molecule has 0 spiro atoms. The van der Waals surface area contributed by atoms with Crippen LogP contribution in [0.2, 0.25) is 5.02 Å². The number of fused-ring (bicyclic) bond motifs is 2. The highest BCUT2D eigenvalue weighted by Crippen LogP contribution is 2.38. The zero-order chi connectivity index (χ0) is 27.5. The van der Waals surface area contributed by atoms with Crippen LogP contribution in [0.3, 0.4) is 0 Å². The molecule has 0 bridgehead atoms. The van der Waals surface area contributed by atoms with Crippen molar-refractivity contribution in [2.45, 2.75) is 6.42 Å². The minimum Gasteiger partial charge on any atom is -0.493 e. The van der Waals surface area contributed by atoms with Crippen LogP contribution >= 0.6 is 22.9 Å². The van der Waals surface area contributed by atoms with E-state index < -0.39 is 0 Å². The number of thiazole rings is 1. The molecule has 40 heavy (non-hydrogen) atoms. The summed E-state index contributed by atoms with van der Waals surface area (Å²) in [6.45, 7) is 6.08. The number of rotatable bonds is 9. The average molecular weight is 575 g/mol. The monoisotopic (exact) mass is 574 g/mol. The molecule has 0 unspecified atom stereocenters. The number of anilines is 2. The number of aromatic nitrogens is 3. The second-order valence-corrected chi connectivity index (χ2v) is 11.3. The van der Waals surface area contributed by atoms with Gasteiger partial charge in [0, 0.05) is 49.7 Å². The number of nitrogens with zero attached hydrogens (tertiary/aromatic N) is 5. The SMILES string of the molecule is COc1cc2c(Nc3cc(-c4nc5ccccc5s4)ccc3Cl)ncnc2cc1OCCCN1CCN(C)CC1. The van der Waals surface area contributed by atoms with Gasteiger partial charge in [0.15, 0.2) is 11.5 Å². The molecule has 6 rings (SSSR count). The Bertz CT molecular complexity index is 1600. The minimum atomic E-state index is 0.587. The van der Waals surface area contributed by atoms with Crippen LogP contribution in [0.1, 0.15) is 6.42 Å². The molecular formula is C30H31ClN6O2S. The lowest BCUT2D eigenvalue weighted by atomic mass is 10.1. The van der Waals surface area contributed by atoms with Gasteiger partial charge in [-0.25, -0.2) is 15.0 Å². The van der Waals surface area contributed by atoms with E-state index in [9.17, 15) is 0 Å². The highest BCUT2D eigenvalue weighted by Gasteiger charge is 2.16. The summed E-state index contributed by atoms with van der Waals surface area (Å²) in [6.07, 6.45) is 2.49. The number of benzene rings is 3. The summed E-state index contributed by atoms with van der Waals surface area (Å²) in [4.78, 5) is 18.7. The van der Waals surface area contributed by atoms with E-state index in [1.54, 1.807) is 24.8 Å². The van der Waals surface area contributed by atoms with Crippen molar-refractivity contribution in [3.63, 3.8) is 0 Å². The molecule has 0 amide bonds. The number of hydrogen-bond acceptors (Lipinski definition) is 9. The van der Waals surface area contributed by atoms with E-state index in [4.69, 9.17) is 26.1 Å². The maximum Gasteiger partial charge on any atom is 0.163 e. The number of methoxy groups -OCH3 is 1. The first-order chi connectivity index (χ1) is 19.6. The fraction of sp³-hybridized carbons (Fsp3) is 0.300. The smallest absolute Gasteiger partial charge is 0.163 e. The van der Waals surface area contributed by atoms with Crippen LogP contribution in [0.5, 0.6) is 11.5 Å². The maximum atomic E-state index is 6.61. The van der Waals surface area contributed by atoms with Crippen LogP contribution in [0.25, 0.3) is 31.7 Å². The predicted octanol–water partition coefficient (Wildman–Crippen LogP) is 6.33. The number of hydrogen-bond donors (Lipinski definition) is 1. The molecule has 0 radical (unpaired) electrons. The summed E-state index contributed by atoms with van der Waals surface area (Å²) < 4.78 is 13.0. The van der Waals surface area contributed by atoms with Crippen LogP contribution in [-0.2, 0) is 0 Å². The summed E-state index contributed by atoms with van der Waals surface area (Å²) in [5.74, 6) is 1.95. The first-order valence-corrected chi connectivity index (χ1v) is 14.6. The van der Waals surface area contributed by atoms with E-state index in [0.717, 1.165) is 76.5 Å². The topological polar surface area (TPSA) is 75.6 Å². The fourth-order valence-electron chi connectivity index (χ4n) is 4.86. The van der Waals surface area contributed by atoms with E-state index in [0.29, 0.717) is 28.9 Å². The molecule has 3 aromatic carbocycles. The molecule has 0 saturated carbocycles. The quantitative estimate of drug-likeness (QED) is 0.205. The Labute approximate surface area is 242 Å². The van der Waals surface area contributed by atoms with Gasteiger partial charge in [0.25, 0.3) is 0 Å². The van der Waals surface area contributed by atoms with Crippen molar-refractivity contribution in [1.82, 2.24) is 24.8 Å². The molecule has 3 heterocycles. The molecule has 5 aromatic rings. The molecular weight excluding hydrogens is 544 g/mol. The lowest BCUT2D eigenvalue weighted by Gasteiger charge is -2.32. The Hall–Kier alpha value is -3.50. The normalized spacial score (nSPS) is 14.6. The van der Waals surface area contributed by atoms with Crippen LogP contribution in [-0.4, -0.2) is 78.2 Å². The second kappa shape index (κ2) is 11.9. The molecule has 2 aromatic heterocycles. The van der Waals surface area contributed by atoms with E-state index >= 15 is 0 Å². The first kappa shape index (κ1) is 26.7. The third-order valence-corrected chi connectivity index (χ3v) is 8.57. The number of nitrogens with one attached hydrogen (secondary N) is 1. The van der Waals surface area contributed by atoms with E-state index in [1.807, 2.05) is 48.5 Å². The summed E-state index contributed by atoms with van der Waals surface area (Å²) in [5, 5.41) is 5.74. The highest BCUT2D eigenvalue weighted by atomic mass is 35.5. The van der Waals surface area contributed by atoms with Crippen LogP contribution in [0, 0.1) is 0 Å². The zero-order valence-electron chi connectivity index (χ0n) is 22.6. The molecule has 10 heteroatoms. The lowest BCUT2D eigenvalue weighted by molar-refractivity contribution is 0.145. The van der Waals surface area contributed by atoms with Crippen molar-refractivity contribution in [2.24, 2.45) is 0 Å². The Balaban J connectivity index is 1.20. The Kier molecular flexibility index (Phi) is 7.97. The van der Waals surface area contributed by atoms with Gasteiger partial charge in [-0.3, -0.25) is 0 Å². The van der Waals surface area contributed by atoms with Gasteiger partial charge >= 0.3 is 0 Å². The van der Waals surface area contributed by atoms with Gasteiger partial charge in [0.05, 0.1) is 40.2 Å². The largest absolute Gasteiger partial charge is 0.493 e. The second-order valence-electron chi connectivity index (χ2n) is 9.90. The Morgan fingerprint density at radius 1 is 0.975 bits per heavy atom. The van der Waals surface area contributed by atoms with E-state index in [-0.39, 0.29) is 0 Å². The summed E-state index contributed by atoms with van der Waals surface area (Å²) in [5.41, 5.74) is 3.46. The molecule has 1 saturated heterocycles. The molecule has 0 aliphatic carbocycles. The van der Waals surface area contributed by atoms with Crippen LogP contribution in [0.15, 0.2) is 60.9 Å². The zero-order valence-corrected chi connectivity index (χ0v) is 24.1. The average Bonchev–Trinajstić information content (AvgIpc) is 3.41. The third-order valence-electron chi connectivity index (χ3n) is 7.15. The van der Waals surface area contributed by atoms with Crippen molar-refractivity contribution >= 4 is 55.6 Å². The van der Waals surface area contributed by atoms with Gasteiger partial charge in [0.1, 0.15) is 17.2 Å². The summed E-state index contributed by atoms with van der Waals surface area (Å²) in [7, 11) is 3.82. The molecule has 1 aliphatic heterocycles. The van der Waals surface area contributed by atoms with Crippen molar-refractivity contribution in [1.29, 1.82) is 0 Å². The summed E-state index contributed by atoms with van der Waals surface area (Å²) >= 11 is 8.26. The standard InChI is InChI=1S/C30H31ClN6O2S/c1-36-11-13-37(14-12-36)10-5-15-39-27-18-24-21(17-26(27)38-2)29(33-19-32-24)34-25-16-20(8-9-22(25)31)30-35-23-6-3-4-7-28(23)40-30/h3-4,6-9,16-19H,5,10-15H2,1-2H3,(H,32,33,34). The first-order valence-electron chi connectivity index (χ1n) is 13.4. The number of halogens is 1. The third kappa shape index (κ3) is 5.83. The number of likely N-dealkylation sites (N-methyl/N-ethyl adjacent to an activating group) is 1. The lowest BCUT2D eigenvalue weighted by Crippen LogP contribution is -2.44. The van der Waals surface area contributed by atoms with Gasteiger partial charge in [-0.1, -0.05) is 29.8 Å². The van der Waals surface area contributed by atoms with Gasteiger partial charge in [0.2, 0.25) is 0 Å². The van der Waals surface area contributed by atoms with Crippen molar-refractivity contribution in [2.75, 3.05) is 58.8 Å². The van der Waals surface area contributed by atoms with Crippen LogP contribution in [0.4, 0.5) is 11.5 Å². The van der Waals surface area contributed by atoms with E-state index in [1.165, 1.54) is 0 Å². The maximum absolute atomic E-state index is 6.61. The fourth-order valence-corrected chi connectivity index (χ4v) is 5.98. The van der Waals surface area contributed by atoms with Crippen molar-refractivity contribution in [3.05, 3.63) is 65.9 Å². The van der Waals surface area contributed by atoms with Crippen molar-refractivity contribution < 1.29 is 9.47 Å². The summed E-state index contributed by atoms with van der Waals surface area (Å²) in [6, 6.07) is 17.8. The molecule has 1 fully saturated rings. The van der Waals surface area contributed by atoms with Gasteiger partial charge < -0.3 is 24.6 Å². The Morgan fingerprint density at radius 2 is 1.82 bits per heavy atom. The molecule has 0 atom stereocenters. The van der Waals surface area contributed by atoms with Crippen molar-refractivity contribution in [3.8, 4) is 22.1 Å². The number of para-hydroxylation sites is 1. The van der Waals surface area contributed by atoms with Gasteiger partial charge in [-0.2, -0.15) is 0 Å². The highest BCUT2D eigenvalue weighted by molar-refractivity contribution is 7.21. The predicted molar refractivity (Wildman–Crippen MR) is 163 cm³/mol. The Morgan fingerprint density at radius 3 is 2.65 bits per heavy atom. The molecule has 1 N–H and O–H groups in total. The molecule has 1 aliphatic rings. The van der Waals surface area contributed by atoms with Gasteiger partial charge in [-0.05, 0) is 43.8 Å². The van der Waals surface area contributed by atoms with Gasteiger partial charge in [-0.15, -0.1) is 11.3 Å². The molecule has 8 nitrogen and oxygen atoms in total. The van der Waals surface area contributed by atoms with Crippen LogP contribution < -0.4 is 14.8 Å². The number of piperazine rings is 1. The minimum absolute atomic E-state index is 0.587. The molecule has 206 valence electrons. The van der Waals surface area contributed by atoms with E-state index in [2.05, 4.69) is 38.2 Å². The number of ether oxygens (including phenoxy) is 2.